The third-order valence-electron chi connectivity index (χ3n) is 4.35. The molecule has 0 N–H and O–H groups in total. The van der Waals surface area contributed by atoms with Gasteiger partial charge in [-0.1, -0.05) is 19.1 Å². The number of hydrogen-bond acceptors (Lipinski definition) is 3. The van der Waals surface area contributed by atoms with Gasteiger partial charge in [-0.2, -0.15) is 0 Å². The molecule has 110 valence electrons. The summed E-state index contributed by atoms with van der Waals surface area (Å²) in [5, 5.41) is 0.692. The highest BCUT2D eigenvalue weighted by Gasteiger charge is 2.19. The van der Waals surface area contributed by atoms with Gasteiger partial charge >= 0.3 is 0 Å². The molecule has 0 amide bonds. The zero-order chi connectivity index (χ0) is 15.1. The molecule has 1 aliphatic rings. The first-order valence-corrected chi connectivity index (χ1v) is 7.67. The second kappa shape index (κ2) is 5.05. The van der Waals surface area contributed by atoms with Gasteiger partial charge in [0.1, 0.15) is 5.82 Å². The first kappa shape index (κ1) is 13.2. The Labute approximate surface area is 128 Å². The molecule has 2 aromatic heterocycles. The zero-order valence-electron chi connectivity index (χ0n) is 12.5. The maximum Gasteiger partial charge on any atom is 0.261 e. The number of fused-ring (bicyclic) bond motifs is 2. The lowest BCUT2D eigenvalue weighted by Gasteiger charge is -2.23. The summed E-state index contributed by atoms with van der Waals surface area (Å²) in [7, 11) is 0. The van der Waals surface area contributed by atoms with Gasteiger partial charge < -0.3 is 0 Å². The first-order valence-electron chi connectivity index (χ1n) is 7.67. The lowest BCUT2D eigenvalue weighted by atomic mass is 10.0. The van der Waals surface area contributed by atoms with Crippen molar-refractivity contribution in [3.05, 3.63) is 58.8 Å². The predicted molar refractivity (Wildman–Crippen MR) is 86.7 cm³/mol. The van der Waals surface area contributed by atoms with E-state index < -0.39 is 0 Å². The van der Waals surface area contributed by atoms with Crippen LogP contribution in [0.4, 0.5) is 0 Å². The van der Waals surface area contributed by atoms with Gasteiger partial charge in [-0.05, 0) is 36.6 Å². The highest BCUT2D eigenvalue weighted by Crippen LogP contribution is 2.23. The molecule has 0 aliphatic carbocycles. The maximum absolute atomic E-state index is 12.7. The van der Waals surface area contributed by atoms with Crippen molar-refractivity contribution in [2.24, 2.45) is 5.92 Å². The minimum atomic E-state index is 0.0825. The van der Waals surface area contributed by atoms with E-state index in [-0.39, 0.29) is 5.56 Å². The summed E-state index contributed by atoms with van der Waals surface area (Å²) in [4.78, 5) is 21.8. The molecule has 22 heavy (non-hydrogen) atoms. The third-order valence-corrected chi connectivity index (χ3v) is 4.35. The average Bonchev–Trinajstić information content (AvgIpc) is 2.56. The predicted octanol–water partition coefficient (Wildman–Crippen LogP) is 3.04. The first-order chi connectivity index (χ1) is 10.7. The summed E-state index contributed by atoms with van der Waals surface area (Å²) >= 11 is 0. The standard InChI is InChI=1S/C18H17N3O/c1-12-5-8-17-20-16-10-13(15-4-2-3-9-19-15)6-7-14(16)18(22)21(17)11-12/h2-4,6-7,9-10,12H,5,8,11H2,1H3. The Hall–Kier alpha value is -2.49. The Balaban J connectivity index is 1.91. The van der Waals surface area contributed by atoms with Gasteiger partial charge in [-0.15, -0.1) is 0 Å². The molecule has 1 aliphatic heterocycles. The fraction of sp³-hybridized carbons (Fsp3) is 0.278. The van der Waals surface area contributed by atoms with Crippen molar-refractivity contribution in [2.45, 2.75) is 26.3 Å². The second-order valence-electron chi connectivity index (χ2n) is 6.03. The van der Waals surface area contributed by atoms with Gasteiger partial charge in [0, 0.05) is 24.7 Å². The lowest BCUT2D eigenvalue weighted by Crippen LogP contribution is -2.31. The van der Waals surface area contributed by atoms with E-state index in [4.69, 9.17) is 4.98 Å². The van der Waals surface area contributed by atoms with E-state index in [2.05, 4.69) is 11.9 Å². The van der Waals surface area contributed by atoms with Crippen LogP contribution in [0.1, 0.15) is 19.2 Å². The smallest absolute Gasteiger partial charge is 0.261 e. The van der Waals surface area contributed by atoms with E-state index in [9.17, 15) is 4.79 Å². The molecular weight excluding hydrogens is 274 g/mol. The molecule has 0 fully saturated rings. The van der Waals surface area contributed by atoms with Crippen LogP contribution in [0.5, 0.6) is 0 Å². The molecule has 0 saturated carbocycles. The highest BCUT2D eigenvalue weighted by molar-refractivity contribution is 5.83. The molecule has 0 bridgehead atoms. The van der Waals surface area contributed by atoms with E-state index in [1.54, 1.807) is 6.20 Å². The quantitative estimate of drug-likeness (QED) is 0.692. The minimum absolute atomic E-state index is 0.0825. The summed E-state index contributed by atoms with van der Waals surface area (Å²) in [6.07, 6.45) is 3.74. The number of aryl methyl sites for hydroxylation is 1. The van der Waals surface area contributed by atoms with Crippen LogP contribution in [0.2, 0.25) is 0 Å². The zero-order valence-corrected chi connectivity index (χ0v) is 12.5. The van der Waals surface area contributed by atoms with E-state index >= 15 is 0 Å². The van der Waals surface area contributed by atoms with Crippen molar-refractivity contribution in [3.63, 3.8) is 0 Å². The maximum atomic E-state index is 12.7. The van der Waals surface area contributed by atoms with Gasteiger partial charge in [0.2, 0.25) is 0 Å². The summed E-state index contributed by atoms with van der Waals surface area (Å²) in [6.45, 7) is 2.96. The fourth-order valence-electron chi connectivity index (χ4n) is 3.12. The molecule has 1 unspecified atom stereocenters. The van der Waals surface area contributed by atoms with Gasteiger partial charge in [0.05, 0.1) is 16.6 Å². The molecule has 4 rings (SSSR count). The molecule has 4 heteroatoms. The molecular formula is C18H17N3O. The largest absolute Gasteiger partial charge is 0.296 e. The van der Waals surface area contributed by atoms with Crippen LogP contribution in [0.25, 0.3) is 22.2 Å². The van der Waals surface area contributed by atoms with Crippen molar-refractivity contribution in [1.82, 2.24) is 14.5 Å². The van der Waals surface area contributed by atoms with Gasteiger partial charge in [0.15, 0.2) is 0 Å². The summed E-state index contributed by atoms with van der Waals surface area (Å²) in [5.74, 6) is 1.45. The van der Waals surface area contributed by atoms with E-state index in [0.29, 0.717) is 11.3 Å². The van der Waals surface area contributed by atoms with Crippen LogP contribution in [0.15, 0.2) is 47.4 Å². The average molecular weight is 291 g/mol. The second-order valence-corrected chi connectivity index (χ2v) is 6.03. The van der Waals surface area contributed by atoms with Gasteiger partial charge in [-0.25, -0.2) is 4.98 Å². The lowest BCUT2D eigenvalue weighted by molar-refractivity contribution is 0.381. The van der Waals surface area contributed by atoms with Crippen molar-refractivity contribution in [1.29, 1.82) is 0 Å². The van der Waals surface area contributed by atoms with Crippen LogP contribution < -0.4 is 5.56 Å². The minimum Gasteiger partial charge on any atom is -0.296 e. The summed E-state index contributed by atoms with van der Waals surface area (Å²) in [5.41, 5.74) is 2.75. The van der Waals surface area contributed by atoms with Gasteiger partial charge in [-0.3, -0.25) is 14.3 Å². The van der Waals surface area contributed by atoms with Crippen LogP contribution >= 0.6 is 0 Å². The number of pyridine rings is 1. The topological polar surface area (TPSA) is 47.8 Å². The number of aromatic nitrogens is 3. The number of benzene rings is 1. The normalized spacial score (nSPS) is 17.4. The van der Waals surface area contributed by atoms with E-state index in [1.165, 1.54) is 0 Å². The molecule has 1 atom stereocenters. The molecule has 3 aromatic rings. The Morgan fingerprint density at radius 3 is 2.95 bits per heavy atom. The van der Waals surface area contributed by atoms with Crippen molar-refractivity contribution < 1.29 is 0 Å². The Bertz CT molecular complexity index is 899. The number of nitrogens with zero attached hydrogens (tertiary/aromatic N) is 3. The van der Waals surface area contributed by atoms with E-state index in [0.717, 1.165) is 42.0 Å². The molecule has 3 heterocycles. The molecule has 4 nitrogen and oxygen atoms in total. The fourth-order valence-corrected chi connectivity index (χ4v) is 3.12. The third kappa shape index (κ3) is 2.11. The SMILES string of the molecule is CC1CCc2nc3cc(-c4ccccn4)ccc3c(=O)n2C1. The number of rotatable bonds is 1. The molecule has 0 spiro atoms. The molecule has 1 aromatic carbocycles. The Morgan fingerprint density at radius 1 is 1.23 bits per heavy atom. The van der Waals surface area contributed by atoms with Crippen molar-refractivity contribution >= 4 is 10.9 Å². The van der Waals surface area contributed by atoms with Crippen LogP contribution in [0, 0.1) is 5.92 Å². The van der Waals surface area contributed by atoms with Crippen molar-refractivity contribution in [3.8, 4) is 11.3 Å². The Kier molecular flexibility index (Phi) is 3.03. The highest BCUT2D eigenvalue weighted by atomic mass is 16.1. The molecule has 0 saturated heterocycles. The molecule has 0 radical (unpaired) electrons. The van der Waals surface area contributed by atoms with Crippen LogP contribution in [0.3, 0.4) is 0 Å². The van der Waals surface area contributed by atoms with Crippen molar-refractivity contribution in [2.75, 3.05) is 0 Å². The van der Waals surface area contributed by atoms with Gasteiger partial charge in [0.25, 0.3) is 5.56 Å². The summed E-state index contributed by atoms with van der Waals surface area (Å²) < 4.78 is 1.84. The monoisotopic (exact) mass is 291 g/mol. The van der Waals surface area contributed by atoms with Crippen LogP contribution in [-0.2, 0) is 13.0 Å². The van der Waals surface area contributed by atoms with E-state index in [1.807, 2.05) is 41.0 Å². The van der Waals surface area contributed by atoms with Crippen LogP contribution in [-0.4, -0.2) is 14.5 Å². The Morgan fingerprint density at radius 2 is 2.14 bits per heavy atom. The number of hydrogen-bond donors (Lipinski definition) is 0. The summed E-state index contributed by atoms with van der Waals surface area (Å²) in [6, 6.07) is 11.6.